The summed E-state index contributed by atoms with van der Waals surface area (Å²) in [5.74, 6) is 1.23. The molecule has 2 fully saturated rings. The number of amides is 2. The van der Waals surface area contributed by atoms with Gasteiger partial charge in [0.1, 0.15) is 11.9 Å². The van der Waals surface area contributed by atoms with E-state index in [0.29, 0.717) is 23.8 Å². The zero-order chi connectivity index (χ0) is 21.8. The summed E-state index contributed by atoms with van der Waals surface area (Å²) >= 11 is 0. The number of piperidine rings is 1. The van der Waals surface area contributed by atoms with Crippen LogP contribution >= 0.6 is 0 Å². The summed E-state index contributed by atoms with van der Waals surface area (Å²) in [6.07, 6.45) is 6.64. The van der Waals surface area contributed by atoms with Crippen LogP contribution in [0, 0.1) is 5.92 Å². The third-order valence-corrected chi connectivity index (χ3v) is 6.10. The highest BCUT2D eigenvalue weighted by molar-refractivity contribution is 5.94. The van der Waals surface area contributed by atoms with Crippen LogP contribution in [0.15, 0.2) is 42.6 Å². The molecule has 0 radical (unpaired) electrons. The molecular weight excluding hydrogens is 390 g/mol. The van der Waals surface area contributed by atoms with Gasteiger partial charge in [-0.2, -0.15) is 0 Å². The highest BCUT2D eigenvalue weighted by Crippen LogP contribution is 2.32. The molecule has 1 aromatic carbocycles. The van der Waals surface area contributed by atoms with Crippen LogP contribution in [0.3, 0.4) is 0 Å². The molecule has 1 aliphatic carbocycles. The van der Waals surface area contributed by atoms with Gasteiger partial charge in [0.2, 0.25) is 5.91 Å². The Bertz CT molecular complexity index is 916. The van der Waals surface area contributed by atoms with Crippen molar-refractivity contribution in [3.8, 4) is 5.75 Å². The standard InChI is InChI=1S/C25H31N3O3/c1-3-18-7-10-21(26-16-18)17-27(2)24(29)20-5-4-6-23(15-20)31-22-11-13-28(14-12-22)25(30)19-8-9-19/h4-7,10,15-16,19,22H,3,8-9,11-14,17H2,1-2H3. The minimum Gasteiger partial charge on any atom is -0.490 e. The summed E-state index contributed by atoms with van der Waals surface area (Å²) < 4.78 is 6.15. The SMILES string of the molecule is CCc1ccc(CN(C)C(=O)c2cccc(OC3CCN(C(=O)C4CC4)CC3)c2)nc1. The summed E-state index contributed by atoms with van der Waals surface area (Å²) in [4.78, 5) is 33.2. The van der Waals surface area contributed by atoms with Crippen LogP contribution in [-0.4, -0.2) is 52.8 Å². The zero-order valence-corrected chi connectivity index (χ0v) is 18.4. The highest BCUT2D eigenvalue weighted by atomic mass is 16.5. The first kappa shape index (κ1) is 21.3. The van der Waals surface area contributed by atoms with E-state index in [1.807, 2.05) is 41.4 Å². The summed E-state index contributed by atoms with van der Waals surface area (Å²) in [5.41, 5.74) is 2.66. The largest absolute Gasteiger partial charge is 0.490 e. The first-order chi connectivity index (χ1) is 15.0. The average Bonchev–Trinajstić information content (AvgIpc) is 3.65. The number of pyridine rings is 1. The van der Waals surface area contributed by atoms with Gasteiger partial charge >= 0.3 is 0 Å². The number of nitrogens with zero attached hydrogens (tertiary/aromatic N) is 3. The molecule has 0 atom stereocenters. The van der Waals surface area contributed by atoms with Crippen molar-refractivity contribution >= 4 is 11.8 Å². The summed E-state index contributed by atoms with van der Waals surface area (Å²) in [6, 6.07) is 11.4. The third-order valence-electron chi connectivity index (χ3n) is 6.10. The van der Waals surface area contributed by atoms with Crippen molar-refractivity contribution in [3.63, 3.8) is 0 Å². The van der Waals surface area contributed by atoms with Crippen molar-refractivity contribution in [1.29, 1.82) is 0 Å². The molecule has 6 heteroatoms. The average molecular weight is 422 g/mol. The Hall–Kier alpha value is -2.89. The van der Waals surface area contributed by atoms with E-state index in [2.05, 4.69) is 18.0 Å². The van der Waals surface area contributed by atoms with Gasteiger partial charge in [0.05, 0.1) is 12.2 Å². The molecule has 6 nitrogen and oxygen atoms in total. The van der Waals surface area contributed by atoms with E-state index in [9.17, 15) is 9.59 Å². The van der Waals surface area contributed by atoms with E-state index in [1.54, 1.807) is 11.9 Å². The molecule has 0 spiro atoms. The molecule has 0 bridgehead atoms. The second-order valence-corrected chi connectivity index (χ2v) is 8.62. The zero-order valence-electron chi connectivity index (χ0n) is 18.4. The Morgan fingerprint density at radius 2 is 1.90 bits per heavy atom. The molecule has 164 valence electrons. The van der Waals surface area contributed by atoms with Crippen molar-refractivity contribution in [3.05, 3.63) is 59.4 Å². The molecule has 31 heavy (non-hydrogen) atoms. The van der Waals surface area contributed by atoms with Crippen molar-refractivity contribution in [2.75, 3.05) is 20.1 Å². The molecule has 0 N–H and O–H groups in total. The number of ether oxygens (including phenoxy) is 1. The van der Waals surface area contributed by atoms with E-state index in [4.69, 9.17) is 4.74 Å². The fraction of sp³-hybridized carbons (Fsp3) is 0.480. The smallest absolute Gasteiger partial charge is 0.254 e. The van der Waals surface area contributed by atoms with Crippen LogP contribution in [0.5, 0.6) is 5.75 Å². The molecule has 2 amide bonds. The Morgan fingerprint density at radius 3 is 2.55 bits per heavy atom. The van der Waals surface area contributed by atoms with E-state index in [1.165, 1.54) is 5.56 Å². The topological polar surface area (TPSA) is 62.7 Å². The molecule has 1 aromatic heterocycles. The van der Waals surface area contributed by atoms with Gasteiger partial charge in [-0.15, -0.1) is 0 Å². The van der Waals surface area contributed by atoms with Crippen molar-refractivity contribution in [2.24, 2.45) is 5.92 Å². The normalized spacial score (nSPS) is 16.8. The van der Waals surface area contributed by atoms with E-state index >= 15 is 0 Å². The maximum absolute atomic E-state index is 12.9. The van der Waals surface area contributed by atoms with Crippen LogP contribution in [0.25, 0.3) is 0 Å². The van der Waals surface area contributed by atoms with Gasteiger partial charge < -0.3 is 14.5 Å². The van der Waals surface area contributed by atoms with Gasteiger partial charge in [0, 0.05) is 50.7 Å². The quantitative estimate of drug-likeness (QED) is 0.684. The van der Waals surface area contributed by atoms with Crippen LogP contribution < -0.4 is 4.74 Å². The number of hydrogen-bond donors (Lipinski definition) is 0. The minimum absolute atomic E-state index is 0.0586. The second-order valence-electron chi connectivity index (χ2n) is 8.62. The molecular formula is C25H31N3O3. The molecule has 1 aliphatic heterocycles. The van der Waals surface area contributed by atoms with Gasteiger partial charge in [-0.25, -0.2) is 0 Å². The van der Waals surface area contributed by atoms with Crippen LogP contribution in [0.2, 0.25) is 0 Å². The molecule has 1 saturated carbocycles. The molecule has 0 unspecified atom stereocenters. The predicted octanol–water partition coefficient (Wildman–Crippen LogP) is 3.70. The van der Waals surface area contributed by atoms with Crippen LogP contribution in [-0.2, 0) is 17.8 Å². The first-order valence-corrected chi connectivity index (χ1v) is 11.3. The Labute approximate surface area is 184 Å². The number of carbonyl (C=O) groups is 2. The van der Waals surface area contributed by atoms with Gasteiger partial charge in [0.15, 0.2) is 0 Å². The molecule has 2 aromatic rings. The number of aromatic nitrogens is 1. The van der Waals surface area contributed by atoms with Crippen molar-refractivity contribution in [1.82, 2.24) is 14.8 Å². The summed E-state index contributed by atoms with van der Waals surface area (Å²) in [6.45, 7) is 4.07. The number of aryl methyl sites for hydroxylation is 1. The highest BCUT2D eigenvalue weighted by Gasteiger charge is 2.35. The maximum atomic E-state index is 12.9. The first-order valence-electron chi connectivity index (χ1n) is 11.3. The Morgan fingerprint density at radius 1 is 1.13 bits per heavy atom. The van der Waals surface area contributed by atoms with Gasteiger partial charge in [-0.05, 0) is 49.1 Å². The van der Waals surface area contributed by atoms with Gasteiger partial charge in [0.25, 0.3) is 5.91 Å². The predicted molar refractivity (Wildman–Crippen MR) is 119 cm³/mol. The second kappa shape index (κ2) is 9.50. The lowest BCUT2D eigenvalue weighted by Crippen LogP contribution is -2.42. The number of rotatable bonds is 7. The van der Waals surface area contributed by atoms with Crippen molar-refractivity contribution < 1.29 is 14.3 Å². The van der Waals surface area contributed by atoms with Gasteiger partial charge in [-0.1, -0.05) is 19.1 Å². The molecule has 1 saturated heterocycles. The van der Waals surface area contributed by atoms with Gasteiger partial charge in [-0.3, -0.25) is 14.6 Å². The maximum Gasteiger partial charge on any atom is 0.254 e. The van der Waals surface area contributed by atoms with E-state index < -0.39 is 0 Å². The number of likely N-dealkylation sites (tertiary alicyclic amines) is 1. The number of hydrogen-bond acceptors (Lipinski definition) is 4. The minimum atomic E-state index is -0.0586. The third kappa shape index (κ3) is 5.43. The lowest BCUT2D eigenvalue weighted by atomic mass is 10.1. The molecule has 2 heterocycles. The van der Waals surface area contributed by atoms with E-state index in [-0.39, 0.29) is 17.9 Å². The molecule has 4 rings (SSSR count). The Balaban J connectivity index is 1.31. The number of benzene rings is 1. The number of carbonyl (C=O) groups excluding carboxylic acids is 2. The Kier molecular flexibility index (Phi) is 6.54. The lowest BCUT2D eigenvalue weighted by Gasteiger charge is -2.32. The van der Waals surface area contributed by atoms with Crippen LogP contribution in [0.4, 0.5) is 0 Å². The van der Waals surface area contributed by atoms with E-state index in [0.717, 1.165) is 50.9 Å². The molecule has 2 aliphatic rings. The lowest BCUT2D eigenvalue weighted by molar-refractivity contribution is -0.134. The fourth-order valence-corrected chi connectivity index (χ4v) is 3.97. The van der Waals surface area contributed by atoms with Crippen LogP contribution in [0.1, 0.15) is 54.2 Å². The summed E-state index contributed by atoms with van der Waals surface area (Å²) in [5, 5.41) is 0. The fourth-order valence-electron chi connectivity index (χ4n) is 3.97. The van der Waals surface area contributed by atoms with Crippen molar-refractivity contribution in [2.45, 2.75) is 51.7 Å². The monoisotopic (exact) mass is 421 g/mol. The summed E-state index contributed by atoms with van der Waals surface area (Å²) in [7, 11) is 1.79.